The van der Waals surface area contributed by atoms with Gasteiger partial charge in [-0.2, -0.15) is 0 Å². The van der Waals surface area contributed by atoms with E-state index in [2.05, 4.69) is 25.7 Å². The van der Waals surface area contributed by atoms with E-state index in [-0.39, 0.29) is 12.4 Å². The third kappa shape index (κ3) is 3.70. The van der Waals surface area contributed by atoms with E-state index in [4.69, 9.17) is 0 Å². The molecule has 0 unspecified atom stereocenters. The van der Waals surface area contributed by atoms with Crippen LogP contribution in [0.1, 0.15) is 12.0 Å². The van der Waals surface area contributed by atoms with Crippen LogP contribution in [-0.2, 0) is 9.53 Å². The highest BCUT2D eigenvalue weighted by Crippen LogP contribution is 2.07. The van der Waals surface area contributed by atoms with Crippen LogP contribution in [0.15, 0.2) is 29.0 Å². The van der Waals surface area contributed by atoms with Gasteiger partial charge >= 0.3 is 5.97 Å². The summed E-state index contributed by atoms with van der Waals surface area (Å²) in [5, 5.41) is 0. The van der Waals surface area contributed by atoms with Gasteiger partial charge in [0, 0.05) is 6.20 Å². The van der Waals surface area contributed by atoms with E-state index in [1.54, 1.807) is 12.3 Å². The number of hydrogen-bond acceptors (Lipinski definition) is 3. The maximum atomic E-state index is 10.8. The fourth-order valence-corrected chi connectivity index (χ4v) is 1.09. The first-order chi connectivity index (χ1) is 6.72. The van der Waals surface area contributed by atoms with Crippen molar-refractivity contribution in [2.24, 2.45) is 0 Å². The van der Waals surface area contributed by atoms with Gasteiger partial charge in [-0.05, 0) is 27.6 Å². The topological polar surface area (TPSA) is 39.2 Å². The Bertz CT molecular complexity index is 332. The minimum atomic E-state index is -0.244. The summed E-state index contributed by atoms with van der Waals surface area (Å²) in [6.45, 7) is 0. The summed E-state index contributed by atoms with van der Waals surface area (Å²) in [6, 6.07) is 3.75. The number of aromatic nitrogens is 1. The average molecular weight is 256 g/mol. The summed E-state index contributed by atoms with van der Waals surface area (Å²) < 4.78 is 5.29. The van der Waals surface area contributed by atoms with Crippen LogP contribution in [0.3, 0.4) is 0 Å². The highest BCUT2D eigenvalue weighted by atomic mass is 79.9. The largest absolute Gasteiger partial charge is 0.469 e. The third-order valence-electron chi connectivity index (χ3n) is 1.57. The van der Waals surface area contributed by atoms with Crippen molar-refractivity contribution in [2.45, 2.75) is 6.42 Å². The number of pyridine rings is 1. The van der Waals surface area contributed by atoms with Gasteiger partial charge in [0.25, 0.3) is 0 Å². The van der Waals surface area contributed by atoms with Crippen molar-refractivity contribution in [1.29, 1.82) is 0 Å². The molecular formula is C10H10BrNO2. The fourth-order valence-electron chi connectivity index (χ4n) is 0.860. The maximum absolute atomic E-state index is 10.8. The lowest BCUT2D eigenvalue weighted by Gasteiger charge is -1.93. The third-order valence-corrected chi connectivity index (χ3v) is 2.04. The van der Waals surface area contributed by atoms with Gasteiger partial charge in [-0.15, -0.1) is 0 Å². The highest BCUT2D eigenvalue weighted by Gasteiger charge is 1.94. The van der Waals surface area contributed by atoms with Gasteiger partial charge in [0.2, 0.25) is 0 Å². The molecule has 0 aliphatic carbocycles. The predicted octanol–water partition coefficient (Wildman–Crippen LogP) is 2.42. The Hall–Kier alpha value is -1.16. The first kappa shape index (κ1) is 10.9. The SMILES string of the molecule is COC(=O)CC=Cc1ccc(Br)nc1. The molecule has 14 heavy (non-hydrogen) atoms. The van der Waals surface area contributed by atoms with E-state index in [0.29, 0.717) is 0 Å². The van der Waals surface area contributed by atoms with E-state index in [9.17, 15) is 4.79 Å². The molecule has 3 nitrogen and oxygen atoms in total. The Balaban J connectivity index is 2.52. The predicted molar refractivity (Wildman–Crippen MR) is 57.6 cm³/mol. The lowest BCUT2D eigenvalue weighted by atomic mass is 10.2. The molecule has 0 atom stereocenters. The van der Waals surface area contributed by atoms with Crippen molar-refractivity contribution in [1.82, 2.24) is 4.98 Å². The van der Waals surface area contributed by atoms with Gasteiger partial charge in [0.05, 0.1) is 13.5 Å². The Kier molecular flexibility index (Phi) is 4.32. The van der Waals surface area contributed by atoms with Gasteiger partial charge in [0.1, 0.15) is 4.60 Å². The summed E-state index contributed by atoms with van der Waals surface area (Å²) in [6.07, 6.45) is 5.58. The van der Waals surface area contributed by atoms with E-state index in [1.165, 1.54) is 7.11 Å². The zero-order valence-electron chi connectivity index (χ0n) is 7.74. The first-order valence-electron chi connectivity index (χ1n) is 4.07. The molecule has 1 heterocycles. The van der Waals surface area contributed by atoms with Crippen LogP contribution in [0.25, 0.3) is 6.08 Å². The van der Waals surface area contributed by atoms with Crippen LogP contribution in [-0.4, -0.2) is 18.1 Å². The van der Waals surface area contributed by atoms with Crippen molar-refractivity contribution in [2.75, 3.05) is 7.11 Å². The van der Waals surface area contributed by atoms with Gasteiger partial charge in [0.15, 0.2) is 0 Å². The second-order valence-corrected chi connectivity index (χ2v) is 3.41. The smallest absolute Gasteiger partial charge is 0.309 e. The molecule has 1 aromatic heterocycles. The maximum Gasteiger partial charge on any atom is 0.309 e. The van der Waals surface area contributed by atoms with Gasteiger partial charge in [-0.25, -0.2) is 4.98 Å². The van der Waals surface area contributed by atoms with Crippen molar-refractivity contribution >= 4 is 28.0 Å². The minimum Gasteiger partial charge on any atom is -0.469 e. The van der Waals surface area contributed by atoms with Gasteiger partial charge in [-0.3, -0.25) is 4.79 Å². The molecule has 0 saturated heterocycles. The second-order valence-electron chi connectivity index (χ2n) is 2.60. The van der Waals surface area contributed by atoms with Gasteiger partial charge in [-0.1, -0.05) is 18.2 Å². The molecule has 4 heteroatoms. The van der Waals surface area contributed by atoms with Gasteiger partial charge < -0.3 is 4.74 Å². The number of ether oxygens (including phenoxy) is 1. The Morgan fingerprint density at radius 1 is 1.64 bits per heavy atom. The number of hydrogen-bond donors (Lipinski definition) is 0. The second kappa shape index (κ2) is 5.54. The van der Waals surface area contributed by atoms with E-state index in [0.717, 1.165) is 10.2 Å². The zero-order valence-corrected chi connectivity index (χ0v) is 9.32. The summed E-state index contributed by atoms with van der Waals surface area (Å²) in [5.41, 5.74) is 0.956. The lowest BCUT2D eigenvalue weighted by Crippen LogP contribution is -1.96. The van der Waals surface area contributed by atoms with Crippen molar-refractivity contribution in [3.63, 3.8) is 0 Å². The quantitative estimate of drug-likeness (QED) is 0.615. The molecule has 0 aliphatic rings. The summed E-state index contributed by atoms with van der Waals surface area (Å²) >= 11 is 3.24. The normalized spacial score (nSPS) is 10.4. The number of nitrogens with zero attached hydrogens (tertiary/aromatic N) is 1. The molecule has 0 radical (unpaired) electrons. The van der Waals surface area contributed by atoms with Crippen LogP contribution in [0, 0.1) is 0 Å². The van der Waals surface area contributed by atoms with Crippen molar-refractivity contribution < 1.29 is 9.53 Å². The van der Waals surface area contributed by atoms with E-state index >= 15 is 0 Å². The summed E-state index contributed by atoms with van der Waals surface area (Å²) in [4.78, 5) is 14.8. The van der Waals surface area contributed by atoms with Crippen LogP contribution < -0.4 is 0 Å². The molecule has 0 spiro atoms. The van der Waals surface area contributed by atoms with E-state index < -0.39 is 0 Å². The van der Waals surface area contributed by atoms with Crippen molar-refractivity contribution in [3.05, 3.63) is 34.6 Å². The molecule has 0 N–H and O–H groups in total. The average Bonchev–Trinajstić information content (AvgIpc) is 2.21. The molecule has 1 rings (SSSR count). The number of carbonyl (C=O) groups excluding carboxylic acids is 1. The highest BCUT2D eigenvalue weighted by molar-refractivity contribution is 9.10. The standard InChI is InChI=1S/C10H10BrNO2/c1-14-10(13)4-2-3-8-5-6-9(11)12-7-8/h2-3,5-7H,4H2,1H3. The van der Waals surface area contributed by atoms with E-state index in [1.807, 2.05) is 18.2 Å². The Labute approximate surface area is 90.9 Å². The number of halogens is 1. The minimum absolute atomic E-state index is 0.244. The summed E-state index contributed by atoms with van der Waals surface area (Å²) in [5.74, 6) is -0.244. The Morgan fingerprint density at radius 2 is 2.43 bits per heavy atom. The molecular weight excluding hydrogens is 246 g/mol. The number of carbonyl (C=O) groups is 1. The molecule has 0 saturated carbocycles. The lowest BCUT2D eigenvalue weighted by molar-refractivity contribution is -0.139. The first-order valence-corrected chi connectivity index (χ1v) is 4.86. The molecule has 1 aromatic rings. The molecule has 0 amide bonds. The fraction of sp³-hybridized carbons (Fsp3) is 0.200. The monoisotopic (exact) mass is 255 g/mol. The van der Waals surface area contributed by atoms with Crippen LogP contribution in [0.2, 0.25) is 0 Å². The Morgan fingerprint density at radius 3 is 3.00 bits per heavy atom. The number of methoxy groups -OCH3 is 1. The molecule has 0 aromatic carbocycles. The number of esters is 1. The number of rotatable bonds is 3. The molecule has 0 bridgehead atoms. The van der Waals surface area contributed by atoms with Crippen LogP contribution >= 0.6 is 15.9 Å². The molecule has 0 aliphatic heterocycles. The molecule has 74 valence electrons. The zero-order chi connectivity index (χ0) is 10.4. The summed E-state index contributed by atoms with van der Waals surface area (Å²) in [7, 11) is 1.37. The van der Waals surface area contributed by atoms with Crippen molar-refractivity contribution in [3.8, 4) is 0 Å². The van der Waals surface area contributed by atoms with Crippen LogP contribution in [0.5, 0.6) is 0 Å². The van der Waals surface area contributed by atoms with Crippen LogP contribution in [0.4, 0.5) is 0 Å². The molecule has 0 fully saturated rings.